The smallest absolute Gasteiger partial charge is 0.261 e. The maximum absolute atomic E-state index is 13.4. The van der Waals surface area contributed by atoms with Crippen LogP contribution < -0.4 is 10.4 Å². The van der Waals surface area contributed by atoms with Crippen LogP contribution in [0.5, 0.6) is 0 Å². The summed E-state index contributed by atoms with van der Waals surface area (Å²) in [5.74, 6) is 0.494. The number of carbonyl (C=O) groups is 1. The van der Waals surface area contributed by atoms with E-state index in [2.05, 4.69) is 95.3 Å². The molecule has 3 saturated carbocycles. The highest BCUT2D eigenvalue weighted by atomic mass is 28.4. The number of benzene rings is 2. The van der Waals surface area contributed by atoms with Gasteiger partial charge in [-0.15, -0.1) is 0 Å². The number of hydrogen-bond donors (Lipinski definition) is 0. The Balaban J connectivity index is 1.62. The maximum Gasteiger partial charge on any atom is 0.261 e. The quantitative estimate of drug-likeness (QED) is 0.548. The van der Waals surface area contributed by atoms with Gasteiger partial charge in [-0.2, -0.15) is 0 Å². The number of ketones is 1. The molecular formula is C29H38O2Si. The van der Waals surface area contributed by atoms with Crippen molar-refractivity contribution >= 4 is 24.5 Å². The normalized spacial score (nSPS) is 34.5. The molecule has 3 aliphatic rings. The summed E-state index contributed by atoms with van der Waals surface area (Å²) in [6, 6.07) is 21.9. The summed E-state index contributed by atoms with van der Waals surface area (Å²) in [5.41, 5.74) is 0.0455. The van der Waals surface area contributed by atoms with Gasteiger partial charge in [0.25, 0.3) is 8.32 Å². The molecule has 1 spiro atoms. The van der Waals surface area contributed by atoms with Gasteiger partial charge in [0.2, 0.25) is 0 Å². The van der Waals surface area contributed by atoms with Crippen LogP contribution in [0.25, 0.3) is 0 Å². The van der Waals surface area contributed by atoms with Gasteiger partial charge >= 0.3 is 0 Å². The van der Waals surface area contributed by atoms with E-state index in [1.807, 2.05) is 0 Å². The lowest BCUT2D eigenvalue weighted by atomic mass is 9.61. The molecule has 0 N–H and O–H groups in total. The maximum atomic E-state index is 13.4. The molecule has 2 aromatic rings. The minimum atomic E-state index is -2.60. The van der Waals surface area contributed by atoms with E-state index in [1.165, 1.54) is 29.6 Å². The van der Waals surface area contributed by atoms with Crippen molar-refractivity contribution in [3.05, 3.63) is 60.7 Å². The van der Waals surface area contributed by atoms with Crippen molar-refractivity contribution in [1.82, 2.24) is 0 Å². The lowest BCUT2D eigenvalue weighted by Gasteiger charge is -2.45. The summed E-state index contributed by atoms with van der Waals surface area (Å²) in [6.07, 6.45) is 6.46. The Kier molecular flexibility index (Phi) is 4.93. The fourth-order valence-corrected chi connectivity index (χ4v) is 12.8. The number of carbonyl (C=O) groups excluding carboxylic acids is 1. The van der Waals surface area contributed by atoms with Crippen molar-refractivity contribution in [3.8, 4) is 0 Å². The van der Waals surface area contributed by atoms with Crippen molar-refractivity contribution in [1.29, 1.82) is 0 Å². The fourth-order valence-electron chi connectivity index (χ4n) is 8.16. The molecule has 32 heavy (non-hydrogen) atoms. The van der Waals surface area contributed by atoms with Gasteiger partial charge in [0, 0.05) is 17.9 Å². The molecule has 2 aromatic carbocycles. The fraction of sp³-hybridized carbons (Fsp3) is 0.552. The molecule has 0 aromatic heterocycles. The standard InChI is InChI=1S/C29H38O2Si/c1-26(2,3)32(23-13-8-6-9-14-23,24-15-10-7-11-16-24)31-22-19-28(5)25(30)21-27(4)17-12-18-29(27,28)20-22/h6-11,13-16,22H,12,17-21H2,1-5H3/t22-,27+,28+,29-/m1/s1. The molecule has 0 amide bonds. The summed E-state index contributed by atoms with van der Waals surface area (Å²) >= 11 is 0. The Morgan fingerprint density at radius 3 is 1.97 bits per heavy atom. The average molecular weight is 447 g/mol. The first kappa shape index (κ1) is 22.1. The zero-order chi connectivity index (χ0) is 22.8. The first-order valence-electron chi connectivity index (χ1n) is 12.4. The lowest BCUT2D eigenvalue weighted by molar-refractivity contribution is -0.128. The molecule has 2 nitrogen and oxygen atoms in total. The van der Waals surface area contributed by atoms with E-state index in [9.17, 15) is 4.79 Å². The topological polar surface area (TPSA) is 26.3 Å². The Morgan fingerprint density at radius 1 is 0.875 bits per heavy atom. The Hall–Kier alpha value is -1.71. The van der Waals surface area contributed by atoms with E-state index in [4.69, 9.17) is 4.43 Å². The molecule has 3 fully saturated rings. The van der Waals surface area contributed by atoms with Crippen molar-refractivity contribution in [2.24, 2.45) is 16.2 Å². The average Bonchev–Trinajstić information content (AvgIpc) is 3.28. The minimum absolute atomic E-state index is 0.0328. The van der Waals surface area contributed by atoms with Gasteiger partial charge in [0.1, 0.15) is 5.78 Å². The van der Waals surface area contributed by atoms with Gasteiger partial charge < -0.3 is 4.43 Å². The highest BCUT2D eigenvalue weighted by Crippen LogP contribution is 2.75. The largest absolute Gasteiger partial charge is 0.404 e. The van der Waals surface area contributed by atoms with Crippen LogP contribution in [-0.2, 0) is 9.22 Å². The summed E-state index contributed by atoms with van der Waals surface area (Å²) in [7, 11) is -2.60. The van der Waals surface area contributed by atoms with Crippen molar-refractivity contribution in [2.75, 3.05) is 0 Å². The van der Waals surface area contributed by atoms with Crippen molar-refractivity contribution in [3.63, 3.8) is 0 Å². The Labute approximate surface area is 194 Å². The van der Waals surface area contributed by atoms with Crippen LogP contribution in [0.2, 0.25) is 5.04 Å². The first-order valence-corrected chi connectivity index (χ1v) is 14.3. The van der Waals surface area contributed by atoms with Crippen molar-refractivity contribution < 1.29 is 9.22 Å². The van der Waals surface area contributed by atoms with Gasteiger partial charge in [-0.3, -0.25) is 4.79 Å². The third kappa shape index (κ3) is 2.76. The molecule has 0 radical (unpaired) electrons. The van der Waals surface area contributed by atoms with Gasteiger partial charge in [-0.25, -0.2) is 0 Å². The molecule has 0 aliphatic heterocycles. The van der Waals surface area contributed by atoms with Crippen LogP contribution in [0, 0.1) is 16.2 Å². The van der Waals surface area contributed by atoms with Crippen LogP contribution in [0.4, 0.5) is 0 Å². The lowest BCUT2D eigenvalue weighted by Crippen LogP contribution is -2.67. The van der Waals surface area contributed by atoms with E-state index in [0.717, 1.165) is 19.3 Å². The van der Waals surface area contributed by atoms with E-state index < -0.39 is 8.32 Å². The predicted octanol–water partition coefficient (Wildman–Crippen LogP) is 5.88. The van der Waals surface area contributed by atoms with E-state index >= 15 is 0 Å². The highest BCUT2D eigenvalue weighted by molar-refractivity contribution is 6.99. The molecule has 0 heterocycles. The molecule has 0 saturated heterocycles. The van der Waals surface area contributed by atoms with Gasteiger partial charge in [-0.1, -0.05) is 102 Å². The number of hydrogen-bond acceptors (Lipinski definition) is 2. The zero-order valence-corrected chi connectivity index (χ0v) is 21.4. The summed E-state index contributed by atoms with van der Waals surface area (Å²) in [4.78, 5) is 13.4. The summed E-state index contributed by atoms with van der Waals surface area (Å²) in [6.45, 7) is 11.7. The first-order chi connectivity index (χ1) is 15.1. The Bertz CT molecular complexity index is 971. The van der Waals surface area contributed by atoms with Crippen molar-refractivity contribution in [2.45, 2.75) is 84.3 Å². The van der Waals surface area contributed by atoms with E-state index in [1.54, 1.807) is 0 Å². The van der Waals surface area contributed by atoms with Crippen LogP contribution in [-0.4, -0.2) is 20.2 Å². The summed E-state index contributed by atoms with van der Waals surface area (Å²) in [5, 5.41) is 2.63. The van der Waals surface area contributed by atoms with Gasteiger partial charge in [-0.05, 0) is 51.9 Å². The van der Waals surface area contributed by atoms with E-state index in [0.29, 0.717) is 5.78 Å². The van der Waals surface area contributed by atoms with Gasteiger partial charge in [0.15, 0.2) is 0 Å². The molecule has 3 aliphatic carbocycles. The monoisotopic (exact) mass is 446 g/mol. The van der Waals surface area contributed by atoms with Crippen LogP contribution in [0.3, 0.4) is 0 Å². The van der Waals surface area contributed by atoms with E-state index in [-0.39, 0.29) is 27.4 Å². The van der Waals surface area contributed by atoms with Gasteiger partial charge in [0.05, 0.1) is 0 Å². The van der Waals surface area contributed by atoms with Crippen LogP contribution in [0.15, 0.2) is 60.7 Å². The molecule has 0 unspecified atom stereocenters. The zero-order valence-electron chi connectivity index (χ0n) is 20.4. The minimum Gasteiger partial charge on any atom is -0.404 e. The second-order valence-electron chi connectivity index (χ2n) is 12.2. The second kappa shape index (κ2) is 7.14. The Morgan fingerprint density at radius 2 is 1.44 bits per heavy atom. The third-order valence-electron chi connectivity index (χ3n) is 9.68. The number of rotatable bonds is 4. The third-order valence-corrected chi connectivity index (χ3v) is 14.8. The molecule has 3 heteroatoms. The summed E-state index contributed by atoms with van der Waals surface area (Å²) < 4.78 is 7.52. The molecule has 4 atom stereocenters. The molecule has 0 bridgehead atoms. The molecule has 5 rings (SSSR count). The van der Waals surface area contributed by atoms with Crippen LogP contribution in [0.1, 0.15) is 73.1 Å². The predicted molar refractivity (Wildman–Crippen MR) is 134 cm³/mol. The molecule has 170 valence electrons. The highest BCUT2D eigenvalue weighted by Gasteiger charge is 2.73. The molecular weight excluding hydrogens is 408 g/mol. The second-order valence-corrected chi connectivity index (χ2v) is 16.5. The SMILES string of the molecule is CC(C)(C)[Si](O[C@H]1C[C@]23CCC[C@@]2(C)CC(=O)[C@]3(C)C1)(c1ccccc1)c1ccccc1. The van der Waals surface area contributed by atoms with Crippen LogP contribution >= 0.6 is 0 Å². The number of Topliss-reactive ketones (excluding diaryl/α,β-unsaturated/α-hetero) is 1.